The molecule has 0 aromatic heterocycles. The van der Waals surface area contributed by atoms with Crippen LogP contribution in [0.4, 0.5) is 0 Å². The van der Waals surface area contributed by atoms with Gasteiger partial charge in [0.05, 0.1) is 5.57 Å². The normalized spacial score (nSPS) is 11.2. The van der Waals surface area contributed by atoms with Gasteiger partial charge in [-0.25, -0.2) is 0 Å². The second kappa shape index (κ2) is 36.0. The van der Waals surface area contributed by atoms with Gasteiger partial charge >= 0.3 is 110 Å². The molecule has 34 heavy (non-hydrogen) atoms. The van der Waals surface area contributed by atoms with Crippen molar-refractivity contribution in [1.29, 1.82) is 5.41 Å². The number of rotatable bonds is 14. The monoisotopic (exact) mass is 572 g/mol. The Morgan fingerprint density at radius 1 is 1.21 bits per heavy atom. The van der Waals surface area contributed by atoms with Gasteiger partial charge in [-0.05, 0) is 32.2 Å². The molecule has 186 valence electrons. The molecule has 0 heterocycles. The van der Waals surface area contributed by atoms with E-state index >= 15 is 0 Å². The largest absolute Gasteiger partial charge is 1.00 e. The van der Waals surface area contributed by atoms with Gasteiger partial charge in [0, 0.05) is 11.9 Å². The number of hydrogen-bond donors (Lipinski definition) is 4. The van der Waals surface area contributed by atoms with Crippen molar-refractivity contribution < 1.29 is 119 Å². The van der Waals surface area contributed by atoms with E-state index in [4.69, 9.17) is 11.1 Å². The minimum atomic E-state index is -0.465. The fourth-order valence-corrected chi connectivity index (χ4v) is 2.81. The Kier molecular flexibility index (Phi) is 50.8. The molecule has 1 unspecified atom stereocenters. The van der Waals surface area contributed by atoms with Crippen LogP contribution in [0.15, 0.2) is 47.7 Å². The van der Waals surface area contributed by atoms with E-state index in [0.717, 1.165) is 44.6 Å². The smallest absolute Gasteiger partial charge is 0.401 e. The van der Waals surface area contributed by atoms with Crippen molar-refractivity contribution in [2.45, 2.75) is 73.1 Å². The quantitative estimate of drug-likeness (QED) is 0.0424. The van der Waals surface area contributed by atoms with Crippen LogP contribution in [0, 0.1) is 24.8 Å². The summed E-state index contributed by atoms with van der Waals surface area (Å²) >= 11 is 0. The first kappa shape index (κ1) is 48.0. The van der Waals surface area contributed by atoms with Crippen LogP contribution < -0.4 is 126 Å². The second-order valence-corrected chi connectivity index (χ2v) is 6.28. The molecular weight excluding hydrogens is 525 g/mol. The zero-order chi connectivity index (χ0) is 24.7. The van der Waals surface area contributed by atoms with Crippen LogP contribution in [0.2, 0.25) is 0 Å². The fraction of sp³-hybridized carbons (Fsp3) is 0.500. The van der Waals surface area contributed by atoms with Crippen molar-refractivity contribution in [2.75, 3.05) is 7.05 Å². The molecule has 0 aliphatic rings. The maximum atomic E-state index is 12.8. The Balaban J connectivity index is -0.000000264. The minimum absolute atomic E-state index is 0. The maximum Gasteiger partial charge on any atom is 1.00 e. The van der Waals surface area contributed by atoms with Crippen LogP contribution in [-0.2, 0) is 9.59 Å². The standard InChI is InChI=1S/C22H34N3O2.C2H6.CH5N.CH3.K.Rb/c1-5-9-10-13-17(8-4)21(24)19(16-23)22(27)25-20(14-15-26)18(11-6-2)12-7-3;2*1-2;;;/h6-7,11-12,15-17,23H,2,5,8-10,13-14,24H2,1,3-4H3,(H,25,27);1-2H3;2H2,1H3;1H3;;/q-1;;;-1;2*+1/b12-7-,18-11+,21-19+,23-16?;;;;;. The zero-order valence-corrected chi connectivity index (χ0v) is 31.5. The van der Waals surface area contributed by atoms with E-state index in [2.05, 4.69) is 24.6 Å². The summed E-state index contributed by atoms with van der Waals surface area (Å²) in [6, 6.07) is 0.458. The minimum Gasteiger partial charge on any atom is -0.401 e. The molecule has 0 bridgehead atoms. The molecule has 0 aliphatic heterocycles. The average Bonchev–Trinajstić information content (AvgIpc) is 2.79. The van der Waals surface area contributed by atoms with Gasteiger partial charge in [0.25, 0.3) is 0 Å². The van der Waals surface area contributed by atoms with Gasteiger partial charge < -0.3 is 34.4 Å². The molecule has 0 saturated heterocycles. The number of aldehydes is 1. The fourth-order valence-electron chi connectivity index (χ4n) is 2.81. The molecule has 0 aromatic rings. The number of hydrogen-bond acceptors (Lipinski definition) is 5. The summed E-state index contributed by atoms with van der Waals surface area (Å²) in [6.45, 7) is 13.7. The number of carbonyl (C=O) groups excluding carboxylic acids is 2. The number of carbonyl (C=O) groups is 2. The summed E-state index contributed by atoms with van der Waals surface area (Å²) in [4.78, 5) is 23.8. The molecular formula is C26H48KN4O2Rb. The number of nitrogens with one attached hydrogen (secondary N) is 2. The van der Waals surface area contributed by atoms with Crippen molar-refractivity contribution >= 4 is 18.4 Å². The van der Waals surface area contributed by atoms with Crippen LogP contribution in [0.25, 0.3) is 0 Å². The van der Waals surface area contributed by atoms with Gasteiger partial charge in [-0.2, -0.15) is 17.7 Å². The van der Waals surface area contributed by atoms with Crippen molar-refractivity contribution in [2.24, 2.45) is 17.4 Å². The summed E-state index contributed by atoms with van der Waals surface area (Å²) in [5.74, 6) is -0.403. The van der Waals surface area contributed by atoms with Gasteiger partial charge in [0.15, 0.2) is 0 Å². The third-order valence-electron chi connectivity index (χ3n) is 4.33. The van der Waals surface area contributed by atoms with Gasteiger partial charge in [-0.15, -0.1) is 18.7 Å². The molecule has 0 aliphatic carbocycles. The van der Waals surface area contributed by atoms with E-state index in [1.807, 2.05) is 33.8 Å². The third-order valence-corrected chi connectivity index (χ3v) is 4.33. The molecule has 8 heteroatoms. The number of nitrogens with two attached hydrogens (primary N) is 2. The summed E-state index contributed by atoms with van der Waals surface area (Å²) in [5, 5.41) is 10.4. The first-order valence-corrected chi connectivity index (χ1v) is 11.1. The topological polar surface area (TPSA) is 122 Å². The molecule has 6 N–H and O–H groups in total. The molecule has 0 rings (SSSR count). The van der Waals surface area contributed by atoms with Crippen LogP contribution in [0.1, 0.15) is 73.1 Å². The van der Waals surface area contributed by atoms with Gasteiger partial charge in [0.2, 0.25) is 5.91 Å². The molecule has 0 fully saturated rings. The van der Waals surface area contributed by atoms with E-state index in [9.17, 15) is 9.59 Å². The average molecular weight is 573 g/mol. The van der Waals surface area contributed by atoms with E-state index in [0.29, 0.717) is 17.3 Å². The van der Waals surface area contributed by atoms with Crippen molar-refractivity contribution in [3.8, 4) is 0 Å². The Labute approximate surface area is 302 Å². The third kappa shape index (κ3) is 22.1. The van der Waals surface area contributed by atoms with Crippen LogP contribution in [0.3, 0.4) is 0 Å². The summed E-state index contributed by atoms with van der Waals surface area (Å²) in [6.07, 6.45) is 13.7. The van der Waals surface area contributed by atoms with E-state index in [1.54, 1.807) is 18.2 Å². The van der Waals surface area contributed by atoms with Crippen molar-refractivity contribution in [3.05, 3.63) is 61.2 Å². The Hall–Kier alpha value is 0.842. The summed E-state index contributed by atoms with van der Waals surface area (Å²) in [5.41, 5.74) is 12.0. The number of amides is 1. The van der Waals surface area contributed by atoms with E-state index in [1.165, 1.54) is 7.05 Å². The first-order valence-electron chi connectivity index (χ1n) is 11.1. The zero-order valence-electron chi connectivity index (χ0n) is 23.5. The number of allylic oxidation sites excluding steroid dienone is 4. The van der Waals surface area contributed by atoms with Crippen LogP contribution >= 0.6 is 0 Å². The molecule has 0 radical (unpaired) electrons. The molecule has 0 saturated carbocycles. The second-order valence-electron chi connectivity index (χ2n) is 6.28. The van der Waals surface area contributed by atoms with Crippen LogP contribution in [0.5, 0.6) is 0 Å². The van der Waals surface area contributed by atoms with Crippen molar-refractivity contribution in [1.82, 2.24) is 5.32 Å². The van der Waals surface area contributed by atoms with Crippen LogP contribution in [-0.4, -0.2) is 25.5 Å². The first-order chi connectivity index (χ1) is 15.0. The SMILES string of the molecule is C=C/C=C(\C=C/C)[C-](CC=O)NC(=O)/C(C=N)=C(/N)C(CC)CCCCC.CC.CN.[CH3-].[K+].[Rb+]. The predicted molar refractivity (Wildman–Crippen MR) is 141 cm³/mol. The molecule has 1 amide bonds. The molecule has 0 spiro atoms. The Morgan fingerprint density at radius 2 is 1.76 bits per heavy atom. The Morgan fingerprint density at radius 3 is 2.15 bits per heavy atom. The molecule has 6 nitrogen and oxygen atoms in total. The summed E-state index contributed by atoms with van der Waals surface area (Å²) < 4.78 is 0. The maximum absolute atomic E-state index is 12.8. The van der Waals surface area contributed by atoms with Gasteiger partial charge in [-0.1, -0.05) is 59.9 Å². The molecule has 0 aromatic carbocycles. The Bertz CT molecular complexity index is 606. The summed E-state index contributed by atoms with van der Waals surface area (Å²) in [7, 11) is 1.50. The molecule has 1 atom stereocenters. The van der Waals surface area contributed by atoms with Gasteiger partial charge in [-0.3, -0.25) is 4.79 Å². The van der Waals surface area contributed by atoms with E-state index < -0.39 is 5.91 Å². The van der Waals surface area contributed by atoms with Gasteiger partial charge in [0.1, 0.15) is 6.29 Å². The predicted octanol–water partition coefficient (Wildman–Crippen LogP) is -0.560. The number of unbranched alkanes of at least 4 members (excludes halogenated alkanes) is 2. The van der Waals surface area contributed by atoms with E-state index in [-0.39, 0.29) is 135 Å². The van der Waals surface area contributed by atoms with Crippen molar-refractivity contribution in [3.63, 3.8) is 0 Å².